The second-order valence-electron chi connectivity index (χ2n) is 4.68. The monoisotopic (exact) mass is 261 g/mol. The predicted octanol–water partition coefficient (Wildman–Crippen LogP) is 3.70. The van der Waals surface area contributed by atoms with Crippen LogP contribution in [0.2, 0.25) is 5.02 Å². The molecule has 0 saturated carbocycles. The van der Waals surface area contributed by atoms with Crippen LogP contribution in [0.4, 0.5) is 5.69 Å². The van der Waals surface area contributed by atoms with Crippen molar-refractivity contribution in [1.29, 1.82) is 0 Å². The van der Waals surface area contributed by atoms with Gasteiger partial charge >= 0.3 is 0 Å². The minimum atomic E-state index is 0.727. The Morgan fingerprint density at radius 1 is 1.11 bits per heavy atom. The molecule has 1 aromatic carbocycles. The Labute approximate surface area is 112 Å². The first-order valence-corrected chi connectivity index (χ1v) is 6.76. The highest BCUT2D eigenvalue weighted by atomic mass is 35.5. The Hall–Kier alpha value is -1.32. The summed E-state index contributed by atoms with van der Waals surface area (Å²) in [6, 6.07) is 7.85. The summed E-state index contributed by atoms with van der Waals surface area (Å²) in [6.07, 6.45) is 5.69. The second kappa shape index (κ2) is 5.12. The van der Waals surface area contributed by atoms with Crippen molar-refractivity contribution in [2.75, 3.05) is 18.5 Å². The maximum absolute atomic E-state index is 5.99. The molecule has 0 unspecified atom stereocenters. The van der Waals surface area contributed by atoms with E-state index in [-0.39, 0.29) is 0 Å². The van der Waals surface area contributed by atoms with Crippen molar-refractivity contribution >= 4 is 28.2 Å². The number of aromatic nitrogens is 1. The van der Waals surface area contributed by atoms with E-state index in [0.29, 0.717) is 0 Å². The molecule has 2 aromatic rings. The van der Waals surface area contributed by atoms with Gasteiger partial charge in [-0.25, -0.2) is 5.01 Å². The zero-order chi connectivity index (χ0) is 12.4. The molecule has 1 aliphatic rings. The largest absolute Gasteiger partial charge is 0.318 e. The van der Waals surface area contributed by atoms with E-state index in [9.17, 15) is 0 Å². The molecule has 3 rings (SSSR count). The standard InChI is InChI=1S/C14H16ClN3/c15-11-4-5-12-13(6-7-16-14(12)10-11)17-18-8-2-1-3-9-18/h4-7,10H,1-3,8-9H2,(H,16,17). The van der Waals surface area contributed by atoms with Gasteiger partial charge in [-0.3, -0.25) is 4.98 Å². The number of hydrogen-bond acceptors (Lipinski definition) is 3. The van der Waals surface area contributed by atoms with E-state index < -0.39 is 0 Å². The number of fused-ring (bicyclic) bond motifs is 1. The van der Waals surface area contributed by atoms with Crippen molar-refractivity contribution in [3.05, 3.63) is 35.5 Å². The number of benzene rings is 1. The van der Waals surface area contributed by atoms with Crippen molar-refractivity contribution < 1.29 is 0 Å². The molecule has 2 heterocycles. The van der Waals surface area contributed by atoms with Crippen LogP contribution < -0.4 is 5.43 Å². The van der Waals surface area contributed by atoms with Gasteiger partial charge in [0.1, 0.15) is 0 Å². The number of nitrogens with zero attached hydrogens (tertiary/aromatic N) is 2. The number of anilines is 1. The Kier molecular flexibility index (Phi) is 3.35. The van der Waals surface area contributed by atoms with E-state index >= 15 is 0 Å². The van der Waals surface area contributed by atoms with Crippen LogP contribution in [-0.4, -0.2) is 23.1 Å². The van der Waals surface area contributed by atoms with Crippen molar-refractivity contribution in [1.82, 2.24) is 9.99 Å². The fourth-order valence-electron chi connectivity index (χ4n) is 2.39. The molecule has 1 saturated heterocycles. The van der Waals surface area contributed by atoms with Crippen LogP contribution in [0.1, 0.15) is 19.3 Å². The van der Waals surface area contributed by atoms with Gasteiger partial charge in [-0.2, -0.15) is 0 Å². The summed E-state index contributed by atoms with van der Waals surface area (Å²) in [5, 5.41) is 4.13. The van der Waals surface area contributed by atoms with Crippen molar-refractivity contribution in [3.8, 4) is 0 Å². The number of piperidine rings is 1. The van der Waals surface area contributed by atoms with E-state index in [1.165, 1.54) is 19.3 Å². The van der Waals surface area contributed by atoms with Gasteiger partial charge in [-0.05, 0) is 37.1 Å². The second-order valence-corrected chi connectivity index (χ2v) is 5.12. The number of hydrogen-bond donors (Lipinski definition) is 1. The topological polar surface area (TPSA) is 28.2 Å². The minimum Gasteiger partial charge on any atom is -0.318 e. The minimum absolute atomic E-state index is 0.727. The highest BCUT2D eigenvalue weighted by molar-refractivity contribution is 6.31. The molecular weight excluding hydrogens is 246 g/mol. The summed E-state index contributed by atoms with van der Waals surface area (Å²) in [5.41, 5.74) is 5.54. The van der Waals surface area contributed by atoms with Crippen LogP contribution in [0.15, 0.2) is 30.5 Å². The van der Waals surface area contributed by atoms with E-state index in [0.717, 1.165) is 34.7 Å². The quantitative estimate of drug-likeness (QED) is 0.893. The zero-order valence-corrected chi connectivity index (χ0v) is 11.0. The Morgan fingerprint density at radius 3 is 2.78 bits per heavy atom. The molecule has 1 aromatic heterocycles. The van der Waals surface area contributed by atoms with Gasteiger partial charge in [0.15, 0.2) is 0 Å². The molecule has 3 nitrogen and oxygen atoms in total. The molecule has 0 radical (unpaired) electrons. The number of rotatable bonds is 2. The molecule has 0 amide bonds. The SMILES string of the molecule is Clc1ccc2c(NN3CCCCC3)ccnc2c1. The van der Waals surface area contributed by atoms with Crippen LogP contribution in [0, 0.1) is 0 Å². The Balaban J connectivity index is 1.91. The first-order valence-electron chi connectivity index (χ1n) is 6.39. The Morgan fingerprint density at radius 2 is 1.94 bits per heavy atom. The molecule has 1 fully saturated rings. The summed E-state index contributed by atoms with van der Waals surface area (Å²) in [7, 11) is 0. The molecule has 18 heavy (non-hydrogen) atoms. The van der Waals surface area contributed by atoms with Gasteiger partial charge in [-0.1, -0.05) is 18.0 Å². The summed E-state index contributed by atoms with van der Waals surface area (Å²) in [4.78, 5) is 4.35. The summed E-state index contributed by atoms with van der Waals surface area (Å²) in [6.45, 7) is 2.22. The zero-order valence-electron chi connectivity index (χ0n) is 10.2. The molecule has 0 aliphatic carbocycles. The molecule has 1 N–H and O–H groups in total. The number of halogens is 1. The van der Waals surface area contributed by atoms with Crippen LogP contribution in [0.5, 0.6) is 0 Å². The van der Waals surface area contributed by atoms with Gasteiger partial charge in [0.05, 0.1) is 11.2 Å². The van der Waals surface area contributed by atoms with Gasteiger partial charge < -0.3 is 5.43 Å². The van der Waals surface area contributed by atoms with Crippen LogP contribution in [0.3, 0.4) is 0 Å². The molecule has 0 bridgehead atoms. The van der Waals surface area contributed by atoms with Crippen LogP contribution >= 0.6 is 11.6 Å². The number of hydrazine groups is 1. The van der Waals surface area contributed by atoms with Gasteiger partial charge in [0.2, 0.25) is 0 Å². The van der Waals surface area contributed by atoms with Crippen molar-refractivity contribution in [2.24, 2.45) is 0 Å². The summed E-state index contributed by atoms with van der Waals surface area (Å²) < 4.78 is 0. The average molecular weight is 262 g/mol. The van der Waals surface area contributed by atoms with Gasteiger partial charge in [0.25, 0.3) is 0 Å². The smallest absolute Gasteiger partial charge is 0.0738 e. The lowest BCUT2D eigenvalue weighted by molar-refractivity contribution is 0.273. The third-order valence-electron chi connectivity index (χ3n) is 3.34. The number of pyridine rings is 1. The maximum atomic E-state index is 5.99. The van der Waals surface area contributed by atoms with Crippen molar-refractivity contribution in [3.63, 3.8) is 0 Å². The first kappa shape index (κ1) is 11.8. The molecular formula is C14H16ClN3. The van der Waals surface area contributed by atoms with Crippen LogP contribution in [-0.2, 0) is 0 Å². The molecule has 0 atom stereocenters. The lowest BCUT2D eigenvalue weighted by Crippen LogP contribution is -2.34. The number of nitrogens with one attached hydrogen (secondary N) is 1. The van der Waals surface area contributed by atoms with Gasteiger partial charge in [-0.15, -0.1) is 0 Å². The molecule has 0 spiro atoms. The van der Waals surface area contributed by atoms with E-state index in [1.807, 2.05) is 30.5 Å². The first-order chi connectivity index (χ1) is 8.83. The normalized spacial score (nSPS) is 16.9. The van der Waals surface area contributed by atoms with Crippen molar-refractivity contribution in [2.45, 2.75) is 19.3 Å². The summed E-state index contributed by atoms with van der Waals surface area (Å²) >= 11 is 5.99. The fraction of sp³-hybridized carbons (Fsp3) is 0.357. The summed E-state index contributed by atoms with van der Waals surface area (Å²) in [5.74, 6) is 0. The van der Waals surface area contributed by atoms with Crippen LogP contribution in [0.25, 0.3) is 10.9 Å². The predicted molar refractivity (Wildman–Crippen MR) is 75.8 cm³/mol. The van der Waals surface area contributed by atoms with Gasteiger partial charge in [0, 0.05) is 29.7 Å². The fourth-order valence-corrected chi connectivity index (χ4v) is 2.56. The molecule has 4 heteroatoms. The van der Waals surface area contributed by atoms with E-state index in [4.69, 9.17) is 11.6 Å². The molecule has 1 aliphatic heterocycles. The lowest BCUT2D eigenvalue weighted by Gasteiger charge is -2.28. The third kappa shape index (κ3) is 2.42. The highest BCUT2D eigenvalue weighted by Gasteiger charge is 2.11. The highest BCUT2D eigenvalue weighted by Crippen LogP contribution is 2.25. The third-order valence-corrected chi connectivity index (χ3v) is 3.57. The average Bonchev–Trinajstić information content (AvgIpc) is 2.40. The maximum Gasteiger partial charge on any atom is 0.0738 e. The molecule has 94 valence electrons. The Bertz CT molecular complexity index is 550. The van der Waals surface area contributed by atoms with E-state index in [1.54, 1.807) is 0 Å². The van der Waals surface area contributed by atoms with E-state index in [2.05, 4.69) is 15.4 Å². The lowest BCUT2D eigenvalue weighted by atomic mass is 10.1.